The number of para-hydroxylation sites is 2. The third kappa shape index (κ3) is 4.97. The van der Waals surface area contributed by atoms with E-state index in [1.807, 2.05) is 83.4 Å². The van der Waals surface area contributed by atoms with Crippen LogP contribution in [0.2, 0.25) is 0 Å². The molecule has 0 unspecified atom stereocenters. The second kappa shape index (κ2) is 9.97. The van der Waals surface area contributed by atoms with Crippen molar-refractivity contribution in [1.29, 1.82) is 0 Å². The minimum Gasteiger partial charge on any atom is -0.355 e. The summed E-state index contributed by atoms with van der Waals surface area (Å²) in [6, 6.07) is 28.0. The summed E-state index contributed by atoms with van der Waals surface area (Å²) in [5.74, 6) is 0.977. The topological polar surface area (TPSA) is 72.7 Å². The predicted octanol–water partition coefficient (Wildman–Crippen LogP) is 5.00. The molecule has 0 aliphatic carbocycles. The van der Waals surface area contributed by atoms with Gasteiger partial charge in [-0.25, -0.2) is 4.98 Å². The zero-order valence-electron chi connectivity index (χ0n) is 17.7. The normalized spacial score (nSPS) is 11.0. The van der Waals surface area contributed by atoms with Crippen LogP contribution in [-0.4, -0.2) is 38.0 Å². The first-order valence-corrected chi connectivity index (χ1v) is 12.4. The number of carbonyl (C=O) groups excluding carboxylic acids is 1. The molecular weight excluding hydrogens is 450 g/mol. The van der Waals surface area contributed by atoms with Gasteiger partial charge in [0.05, 0.1) is 21.0 Å². The molecule has 0 atom stereocenters. The van der Waals surface area contributed by atoms with Crippen molar-refractivity contribution >= 4 is 39.2 Å². The smallest absolute Gasteiger partial charge is 0.230 e. The van der Waals surface area contributed by atoms with E-state index in [4.69, 9.17) is 0 Å². The average molecular weight is 472 g/mol. The van der Waals surface area contributed by atoms with Crippen molar-refractivity contribution < 1.29 is 4.79 Å². The molecule has 0 aliphatic rings. The van der Waals surface area contributed by atoms with E-state index >= 15 is 0 Å². The molecule has 0 saturated heterocycles. The van der Waals surface area contributed by atoms with Crippen molar-refractivity contribution in [3.05, 3.63) is 89.9 Å². The third-order valence-electron chi connectivity index (χ3n) is 5.01. The van der Waals surface area contributed by atoms with Crippen LogP contribution in [0.4, 0.5) is 0 Å². The van der Waals surface area contributed by atoms with Gasteiger partial charge in [-0.2, -0.15) is 0 Å². The molecule has 0 fully saturated rings. The maximum Gasteiger partial charge on any atom is 0.230 e. The quantitative estimate of drug-likeness (QED) is 0.323. The highest BCUT2D eigenvalue weighted by Crippen LogP contribution is 2.27. The number of rotatable bonds is 8. The Morgan fingerprint density at radius 2 is 1.64 bits per heavy atom. The minimum absolute atomic E-state index is 0.0371. The molecule has 164 valence electrons. The van der Waals surface area contributed by atoms with E-state index in [0.717, 1.165) is 27.6 Å². The Hall–Kier alpha value is -3.49. The standard InChI is InChI=1S/C25H21N5OS2/c31-22(26-16-15-23-27-20-13-7-8-14-21(20)33-23)17-32-25-29-28-24(18-9-3-1-4-10-18)30(25)19-11-5-2-6-12-19/h1-14H,15-17H2,(H,26,31). The number of hydrogen-bond donors (Lipinski definition) is 1. The van der Waals surface area contributed by atoms with Gasteiger partial charge in [0.2, 0.25) is 5.91 Å². The number of nitrogens with one attached hydrogen (secondary N) is 1. The fourth-order valence-corrected chi connectivity index (χ4v) is 5.21. The van der Waals surface area contributed by atoms with Gasteiger partial charge in [-0.3, -0.25) is 9.36 Å². The molecule has 1 N–H and O–H groups in total. The van der Waals surface area contributed by atoms with E-state index in [9.17, 15) is 4.79 Å². The van der Waals surface area contributed by atoms with Crippen molar-refractivity contribution in [3.8, 4) is 17.1 Å². The van der Waals surface area contributed by atoms with Gasteiger partial charge in [0.15, 0.2) is 11.0 Å². The summed E-state index contributed by atoms with van der Waals surface area (Å²) in [5, 5.41) is 13.5. The number of carbonyl (C=O) groups is 1. The third-order valence-corrected chi connectivity index (χ3v) is 7.04. The zero-order chi connectivity index (χ0) is 22.5. The lowest BCUT2D eigenvalue weighted by Crippen LogP contribution is -2.27. The fraction of sp³-hybridized carbons (Fsp3) is 0.120. The Morgan fingerprint density at radius 3 is 2.42 bits per heavy atom. The Kier molecular flexibility index (Phi) is 6.46. The SMILES string of the molecule is O=C(CSc1nnc(-c2ccccc2)n1-c1ccccc1)NCCc1nc2ccccc2s1. The van der Waals surface area contributed by atoms with Crippen LogP contribution in [-0.2, 0) is 11.2 Å². The fourth-order valence-electron chi connectivity index (χ4n) is 3.46. The van der Waals surface area contributed by atoms with E-state index in [1.165, 1.54) is 16.5 Å². The molecule has 1 amide bonds. The van der Waals surface area contributed by atoms with E-state index < -0.39 is 0 Å². The molecule has 6 nitrogen and oxygen atoms in total. The Morgan fingerprint density at radius 1 is 0.909 bits per heavy atom. The number of nitrogens with zero attached hydrogens (tertiary/aromatic N) is 4. The highest BCUT2D eigenvalue weighted by molar-refractivity contribution is 7.99. The Labute approximate surface area is 199 Å². The highest BCUT2D eigenvalue weighted by Gasteiger charge is 2.17. The summed E-state index contributed by atoms with van der Waals surface area (Å²) >= 11 is 3.05. The van der Waals surface area contributed by atoms with Crippen molar-refractivity contribution in [2.24, 2.45) is 0 Å². The molecular formula is C25H21N5OS2. The molecule has 33 heavy (non-hydrogen) atoms. The lowest BCUT2D eigenvalue weighted by atomic mass is 10.2. The van der Waals surface area contributed by atoms with Crippen molar-refractivity contribution in [3.63, 3.8) is 0 Å². The molecule has 2 aromatic heterocycles. The molecule has 5 rings (SSSR count). The Balaban J connectivity index is 1.24. The van der Waals surface area contributed by atoms with Crippen LogP contribution in [0.1, 0.15) is 5.01 Å². The van der Waals surface area contributed by atoms with Gasteiger partial charge in [0.1, 0.15) is 0 Å². The van der Waals surface area contributed by atoms with Gasteiger partial charge in [-0.05, 0) is 24.3 Å². The number of thiazole rings is 1. The summed E-state index contributed by atoms with van der Waals surface area (Å²) < 4.78 is 3.16. The summed E-state index contributed by atoms with van der Waals surface area (Å²) in [6.07, 6.45) is 0.716. The monoisotopic (exact) mass is 471 g/mol. The van der Waals surface area contributed by atoms with Gasteiger partial charge in [0, 0.05) is 24.2 Å². The van der Waals surface area contributed by atoms with E-state index in [1.54, 1.807) is 11.3 Å². The van der Waals surface area contributed by atoms with Crippen LogP contribution >= 0.6 is 23.1 Å². The summed E-state index contributed by atoms with van der Waals surface area (Å²) in [4.78, 5) is 17.1. The van der Waals surface area contributed by atoms with Gasteiger partial charge in [0.25, 0.3) is 0 Å². The summed E-state index contributed by atoms with van der Waals surface area (Å²) in [5.41, 5.74) is 2.94. The molecule has 0 aliphatic heterocycles. The lowest BCUT2D eigenvalue weighted by molar-refractivity contribution is -0.118. The second-order valence-corrected chi connectivity index (χ2v) is 9.36. The molecule has 0 radical (unpaired) electrons. The van der Waals surface area contributed by atoms with Gasteiger partial charge in [-0.1, -0.05) is 72.4 Å². The minimum atomic E-state index is -0.0371. The van der Waals surface area contributed by atoms with Crippen LogP contribution in [0.15, 0.2) is 90.1 Å². The summed E-state index contributed by atoms with van der Waals surface area (Å²) in [6.45, 7) is 0.555. The number of thioether (sulfide) groups is 1. The van der Waals surface area contributed by atoms with Crippen LogP contribution in [0, 0.1) is 0 Å². The molecule has 0 bridgehead atoms. The first-order chi connectivity index (χ1) is 16.3. The average Bonchev–Trinajstić information content (AvgIpc) is 3.48. The zero-order valence-corrected chi connectivity index (χ0v) is 19.4. The van der Waals surface area contributed by atoms with Gasteiger partial charge < -0.3 is 5.32 Å². The number of aromatic nitrogens is 4. The maximum atomic E-state index is 12.5. The van der Waals surface area contributed by atoms with Crippen molar-refractivity contribution in [2.75, 3.05) is 12.3 Å². The first kappa shape index (κ1) is 21.4. The largest absolute Gasteiger partial charge is 0.355 e. The van der Waals surface area contributed by atoms with E-state index in [-0.39, 0.29) is 11.7 Å². The van der Waals surface area contributed by atoms with Crippen LogP contribution in [0.25, 0.3) is 27.3 Å². The molecule has 2 heterocycles. The van der Waals surface area contributed by atoms with Gasteiger partial charge in [-0.15, -0.1) is 21.5 Å². The number of amides is 1. The highest BCUT2D eigenvalue weighted by atomic mass is 32.2. The summed E-state index contributed by atoms with van der Waals surface area (Å²) in [7, 11) is 0. The second-order valence-electron chi connectivity index (χ2n) is 7.31. The predicted molar refractivity (Wildman–Crippen MR) is 134 cm³/mol. The molecule has 8 heteroatoms. The number of fused-ring (bicyclic) bond motifs is 1. The maximum absolute atomic E-state index is 12.5. The van der Waals surface area contributed by atoms with Crippen molar-refractivity contribution in [2.45, 2.75) is 11.6 Å². The number of benzene rings is 3. The molecule has 0 saturated carbocycles. The Bertz CT molecular complexity index is 1330. The molecule has 5 aromatic rings. The molecule has 3 aromatic carbocycles. The van der Waals surface area contributed by atoms with E-state index in [0.29, 0.717) is 18.1 Å². The van der Waals surface area contributed by atoms with Crippen LogP contribution in [0.5, 0.6) is 0 Å². The van der Waals surface area contributed by atoms with Crippen LogP contribution in [0.3, 0.4) is 0 Å². The number of hydrogen-bond acceptors (Lipinski definition) is 6. The van der Waals surface area contributed by atoms with Crippen molar-refractivity contribution in [1.82, 2.24) is 25.1 Å². The molecule has 0 spiro atoms. The lowest BCUT2D eigenvalue weighted by Gasteiger charge is -2.10. The van der Waals surface area contributed by atoms with Gasteiger partial charge >= 0.3 is 0 Å². The van der Waals surface area contributed by atoms with Crippen LogP contribution < -0.4 is 5.32 Å². The first-order valence-electron chi connectivity index (χ1n) is 10.6. The van der Waals surface area contributed by atoms with E-state index in [2.05, 4.69) is 26.6 Å².